The second-order valence-corrected chi connectivity index (χ2v) is 4.84. The van der Waals surface area contributed by atoms with E-state index in [2.05, 4.69) is 32.3 Å². The number of nitriles is 1. The van der Waals surface area contributed by atoms with E-state index in [9.17, 15) is 0 Å². The fourth-order valence-electron chi connectivity index (χ4n) is 1.26. The van der Waals surface area contributed by atoms with Crippen molar-refractivity contribution in [2.45, 2.75) is 6.04 Å². The van der Waals surface area contributed by atoms with Crippen molar-refractivity contribution < 1.29 is 0 Å². The van der Waals surface area contributed by atoms with Crippen LogP contribution < -0.4 is 5.32 Å². The molecule has 3 nitrogen and oxygen atoms in total. The highest BCUT2D eigenvalue weighted by Gasteiger charge is 2.13. The van der Waals surface area contributed by atoms with E-state index < -0.39 is 6.04 Å². The lowest BCUT2D eigenvalue weighted by atomic mass is 10.2. The van der Waals surface area contributed by atoms with Gasteiger partial charge in [0, 0.05) is 21.7 Å². The number of rotatable bonds is 3. The van der Waals surface area contributed by atoms with Crippen LogP contribution in [0.3, 0.4) is 0 Å². The summed E-state index contributed by atoms with van der Waals surface area (Å²) in [5.74, 6) is 0. The largest absolute Gasteiger partial charge is 0.363 e. The topological polar surface area (TPSA) is 48.7 Å². The number of nitrogens with zero attached hydrogens (tertiary/aromatic N) is 2. The number of hydrogen-bond donors (Lipinski definition) is 1. The van der Waals surface area contributed by atoms with E-state index in [0.717, 1.165) is 15.2 Å². The van der Waals surface area contributed by atoms with Crippen LogP contribution >= 0.6 is 27.3 Å². The van der Waals surface area contributed by atoms with Gasteiger partial charge >= 0.3 is 0 Å². The molecule has 16 heavy (non-hydrogen) atoms. The van der Waals surface area contributed by atoms with E-state index in [1.807, 2.05) is 29.6 Å². The lowest BCUT2D eigenvalue weighted by molar-refractivity contribution is 0.973. The number of aromatic nitrogens is 1. The maximum Gasteiger partial charge on any atom is 0.166 e. The van der Waals surface area contributed by atoms with Crippen LogP contribution in [-0.4, -0.2) is 4.98 Å². The monoisotopic (exact) mass is 293 g/mol. The Morgan fingerprint density at radius 2 is 2.25 bits per heavy atom. The quantitative estimate of drug-likeness (QED) is 0.941. The molecule has 0 fully saturated rings. The Hall–Kier alpha value is -1.38. The predicted molar refractivity (Wildman–Crippen MR) is 68.2 cm³/mol. The second kappa shape index (κ2) is 5.10. The molecule has 0 aliphatic heterocycles. The number of para-hydroxylation sites is 1. The minimum Gasteiger partial charge on any atom is -0.363 e. The lowest BCUT2D eigenvalue weighted by Crippen LogP contribution is -2.08. The molecule has 1 aromatic carbocycles. The van der Waals surface area contributed by atoms with Gasteiger partial charge in [0.15, 0.2) is 6.04 Å². The highest BCUT2D eigenvalue weighted by molar-refractivity contribution is 9.10. The Balaban J connectivity index is 2.21. The van der Waals surface area contributed by atoms with Crippen molar-refractivity contribution in [2.24, 2.45) is 0 Å². The van der Waals surface area contributed by atoms with Crippen LogP contribution in [0.15, 0.2) is 40.3 Å². The molecule has 0 radical (unpaired) electrons. The molecule has 1 N–H and O–H groups in total. The van der Waals surface area contributed by atoms with Crippen LogP contribution in [0.4, 0.5) is 5.69 Å². The number of benzene rings is 1. The summed E-state index contributed by atoms with van der Waals surface area (Å²) < 4.78 is 0.937. The zero-order valence-electron chi connectivity index (χ0n) is 8.22. The van der Waals surface area contributed by atoms with E-state index in [1.54, 1.807) is 6.20 Å². The van der Waals surface area contributed by atoms with Crippen molar-refractivity contribution >= 4 is 33.0 Å². The zero-order chi connectivity index (χ0) is 11.4. The molecule has 80 valence electrons. The molecule has 0 spiro atoms. The summed E-state index contributed by atoms with van der Waals surface area (Å²) in [5, 5.41) is 14.9. The normalized spacial score (nSPS) is 11.8. The average Bonchev–Trinajstić information content (AvgIpc) is 2.81. The maximum absolute atomic E-state index is 9.09. The third-order valence-electron chi connectivity index (χ3n) is 2.00. The second-order valence-electron chi connectivity index (χ2n) is 3.06. The third-order valence-corrected chi connectivity index (χ3v) is 3.53. The van der Waals surface area contributed by atoms with Gasteiger partial charge in [-0.15, -0.1) is 11.3 Å². The molecule has 0 saturated carbocycles. The van der Waals surface area contributed by atoms with Crippen LogP contribution in [0, 0.1) is 11.3 Å². The summed E-state index contributed by atoms with van der Waals surface area (Å²) in [6, 6.07) is 9.49. The van der Waals surface area contributed by atoms with Gasteiger partial charge in [0.1, 0.15) is 5.01 Å². The third kappa shape index (κ3) is 2.40. The number of hydrogen-bond acceptors (Lipinski definition) is 4. The Labute approximate surface area is 106 Å². The zero-order valence-corrected chi connectivity index (χ0v) is 10.6. The van der Waals surface area contributed by atoms with Crippen molar-refractivity contribution in [2.75, 3.05) is 5.32 Å². The van der Waals surface area contributed by atoms with Gasteiger partial charge in [0.05, 0.1) is 6.07 Å². The van der Waals surface area contributed by atoms with Crippen LogP contribution in [0.1, 0.15) is 11.0 Å². The van der Waals surface area contributed by atoms with Gasteiger partial charge in [-0.3, -0.25) is 0 Å². The van der Waals surface area contributed by atoms with Gasteiger partial charge in [-0.05, 0) is 28.1 Å². The van der Waals surface area contributed by atoms with Gasteiger partial charge in [0.2, 0.25) is 0 Å². The molecule has 0 saturated heterocycles. The van der Waals surface area contributed by atoms with E-state index in [-0.39, 0.29) is 0 Å². The molecular formula is C11H8BrN3S. The van der Waals surface area contributed by atoms with E-state index in [1.165, 1.54) is 11.3 Å². The lowest BCUT2D eigenvalue weighted by Gasteiger charge is -2.11. The predicted octanol–water partition coefficient (Wildman–Crippen LogP) is 3.58. The van der Waals surface area contributed by atoms with Crippen molar-refractivity contribution in [3.05, 3.63) is 45.3 Å². The molecule has 1 aromatic heterocycles. The number of anilines is 1. The van der Waals surface area contributed by atoms with Crippen molar-refractivity contribution in [3.63, 3.8) is 0 Å². The molecule has 5 heteroatoms. The highest BCUT2D eigenvalue weighted by Crippen LogP contribution is 2.26. The van der Waals surface area contributed by atoms with Crippen molar-refractivity contribution in [1.29, 1.82) is 5.26 Å². The Kier molecular flexibility index (Phi) is 3.54. The molecule has 0 aliphatic rings. The van der Waals surface area contributed by atoms with E-state index >= 15 is 0 Å². The summed E-state index contributed by atoms with van der Waals surface area (Å²) in [6.45, 7) is 0. The average molecular weight is 294 g/mol. The van der Waals surface area contributed by atoms with E-state index in [4.69, 9.17) is 5.26 Å². The fourth-order valence-corrected chi connectivity index (χ4v) is 2.29. The van der Waals surface area contributed by atoms with Gasteiger partial charge in [-0.2, -0.15) is 5.26 Å². The first-order valence-electron chi connectivity index (χ1n) is 4.61. The Bertz CT molecular complexity index is 504. The first-order chi connectivity index (χ1) is 7.81. The fraction of sp³-hybridized carbons (Fsp3) is 0.0909. The van der Waals surface area contributed by atoms with Gasteiger partial charge in [-0.25, -0.2) is 4.98 Å². The minimum absolute atomic E-state index is 0.404. The van der Waals surface area contributed by atoms with Crippen molar-refractivity contribution in [1.82, 2.24) is 4.98 Å². The minimum atomic E-state index is -0.404. The van der Waals surface area contributed by atoms with Crippen molar-refractivity contribution in [3.8, 4) is 6.07 Å². The highest BCUT2D eigenvalue weighted by atomic mass is 79.9. The van der Waals surface area contributed by atoms with Gasteiger partial charge in [0.25, 0.3) is 0 Å². The molecule has 1 unspecified atom stereocenters. The van der Waals surface area contributed by atoms with Crippen LogP contribution in [-0.2, 0) is 0 Å². The standard InChI is InChI=1S/C11H8BrN3S/c12-8-3-1-2-4-9(8)15-10(7-13)11-14-5-6-16-11/h1-6,10,15H. The molecule has 0 aliphatic carbocycles. The molecule has 1 heterocycles. The van der Waals surface area contributed by atoms with E-state index in [0.29, 0.717) is 0 Å². The summed E-state index contributed by atoms with van der Waals surface area (Å²) in [4.78, 5) is 4.13. The summed E-state index contributed by atoms with van der Waals surface area (Å²) >= 11 is 4.90. The molecular weight excluding hydrogens is 286 g/mol. The number of nitrogens with one attached hydrogen (secondary N) is 1. The van der Waals surface area contributed by atoms with Gasteiger partial charge in [-0.1, -0.05) is 12.1 Å². The molecule has 0 bridgehead atoms. The molecule has 2 aromatic rings. The van der Waals surface area contributed by atoms with Crippen LogP contribution in [0.2, 0.25) is 0 Å². The van der Waals surface area contributed by atoms with Gasteiger partial charge < -0.3 is 5.32 Å². The first kappa shape index (κ1) is 11.1. The summed E-state index contributed by atoms with van der Waals surface area (Å²) in [6.07, 6.45) is 1.70. The number of thiazole rings is 1. The molecule has 2 rings (SSSR count). The summed E-state index contributed by atoms with van der Waals surface area (Å²) in [5.41, 5.74) is 0.893. The smallest absolute Gasteiger partial charge is 0.166 e. The molecule has 0 amide bonds. The Morgan fingerprint density at radius 1 is 1.44 bits per heavy atom. The summed E-state index contributed by atoms with van der Waals surface area (Å²) in [7, 11) is 0. The number of halogens is 1. The SMILES string of the molecule is N#CC(Nc1ccccc1Br)c1nccs1. The Morgan fingerprint density at radius 3 is 2.88 bits per heavy atom. The molecule has 1 atom stereocenters. The van der Waals surface area contributed by atoms with Crippen LogP contribution in [0.5, 0.6) is 0 Å². The maximum atomic E-state index is 9.09. The first-order valence-corrected chi connectivity index (χ1v) is 6.28. The van der Waals surface area contributed by atoms with Crippen LogP contribution in [0.25, 0.3) is 0 Å².